The van der Waals surface area contributed by atoms with Crippen molar-refractivity contribution in [3.8, 4) is 0 Å². The topological polar surface area (TPSA) is 80.6 Å². The van der Waals surface area contributed by atoms with Crippen molar-refractivity contribution in [2.24, 2.45) is 7.05 Å². The molecule has 34 heavy (non-hydrogen) atoms. The number of nitrogens with one attached hydrogen (secondary N) is 1. The first-order valence-corrected chi connectivity index (χ1v) is 12.8. The zero-order chi connectivity index (χ0) is 25.0. The van der Waals surface area contributed by atoms with E-state index in [2.05, 4.69) is 4.72 Å². The predicted molar refractivity (Wildman–Crippen MR) is 127 cm³/mol. The lowest BCUT2D eigenvalue weighted by Gasteiger charge is -2.30. The minimum atomic E-state index is -3.66. The van der Waals surface area contributed by atoms with Crippen molar-refractivity contribution >= 4 is 10.2 Å². The van der Waals surface area contributed by atoms with Gasteiger partial charge in [-0.05, 0) is 67.9 Å². The van der Waals surface area contributed by atoms with Crippen molar-refractivity contribution in [1.82, 2.24) is 13.6 Å². The van der Waals surface area contributed by atoms with Crippen LogP contribution in [0.1, 0.15) is 54.2 Å². The van der Waals surface area contributed by atoms with Crippen LogP contribution in [0.4, 0.5) is 8.78 Å². The Morgan fingerprint density at radius 1 is 1.12 bits per heavy atom. The van der Waals surface area contributed by atoms with Gasteiger partial charge in [0.15, 0.2) is 0 Å². The van der Waals surface area contributed by atoms with Gasteiger partial charge in [0.05, 0.1) is 12.7 Å². The maximum atomic E-state index is 13.6. The first-order valence-electron chi connectivity index (χ1n) is 11.4. The Balaban J connectivity index is 1.68. The lowest BCUT2D eigenvalue weighted by Crippen LogP contribution is -2.40. The van der Waals surface area contributed by atoms with E-state index in [9.17, 15) is 22.0 Å². The molecule has 3 rings (SSSR count). The molecule has 2 aromatic rings. The highest BCUT2D eigenvalue weighted by Gasteiger charge is 2.26. The molecule has 1 unspecified atom stereocenters. The van der Waals surface area contributed by atoms with Crippen LogP contribution in [-0.4, -0.2) is 50.6 Å². The zero-order valence-corrected chi connectivity index (χ0v) is 20.9. The number of rotatable bonds is 9. The van der Waals surface area contributed by atoms with Crippen molar-refractivity contribution in [2.45, 2.75) is 50.5 Å². The number of aryl methyl sites for hydroxylation is 2. The molecule has 0 saturated heterocycles. The molecule has 0 aliphatic heterocycles. The Kier molecular flexibility index (Phi) is 8.62. The van der Waals surface area contributed by atoms with Gasteiger partial charge in [0, 0.05) is 51.4 Å². The van der Waals surface area contributed by atoms with Gasteiger partial charge < -0.3 is 9.30 Å². The van der Waals surface area contributed by atoms with Crippen molar-refractivity contribution in [2.75, 3.05) is 27.2 Å². The van der Waals surface area contributed by atoms with Gasteiger partial charge in [0.1, 0.15) is 11.6 Å². The number of hydrogen-bond acceptors (Lipinski definition) is 4. The predicted octanol–water partition coefficient (Wildman–Crippen LogP) is 3.19. The molecule has 1 aromatic carbocycles. The number of aromatic nitrogens is 1. The van der Waals surface area contributed by atoms with Gasteiger partial charge in [-0.3, -0.25) is 4.79 Å². The molecule has 1 aliphatic rings. The fraction of sp³-hybridized carbons (Fsp3) is 0.542. The average Bonchev–Trinajstić information content (AvgIpc) is 2.76. The fourth-order valence-electron chi connectivity index (χ4n) is 4.42. The molecule has 1 heterocycles. The normalized spacial score (nSPS) is 20.0. The zero-order valence-electron chi connectivity index (χ0n) is 20.1. The van der Waals surface area contributed by atoms with Gasteiger partial charge in [-0.25, -0.2) is 13.5 Å². The molecule has 0 bridgehead atoms. The Bertz CT molecular complexity index is 1140. The third-order valence-corrected chi connectivity index (χ3v) is 7.84. The van der Waals surface area contributed by atoms with E-state index in [-0.39, 0.29) is 30.7 Å². The van der Waals surface area contributed by atoms with E-state index in [0.29, 0.717) is 24.0 Å². The summed E-state index contributed by atoms with van der Waals surface area (Å²) in [5, 5.41) is 0. The lowest BCUT2D eigenvalue weighted by molar-refractivity contribution is 0.0168. The summed E-state index contributed by atoms with van der Waals surface area (Å²) in [7, 11) is 0.865. The highest BCUT2D eigenvalue weighted by molar-refractivity contribution is 7.87. The molecule has 0 radical (unpaired) electrons. The molecule has 1 N–H and O–H groups in total. The van der Waals surface area contributed by atoms with Gasteiger partial charge in [0.2, 0.25) is 0 Å². The van der Waals surface area contributed by atoms with Crippen molar-refractivity contribution in [1.29, 1.82) is 0 Å². The van der Waals surface area contributed by atoms with E-state index >= 15 is 0 Å². The van der Waals surface area contributed by atoms with Crippen LogP contribution in [0.25, 0.3) is 0 Å². The summed E-state index contributed by atoms with van der Waals surface area (Å²) in [6, 6.07) is 5.42. The SMILES string of the molecule is Cc1cc(C(CNS(=O)(=O)N(C)C)COC2CCC(c3cc(F)cc(F)c3)CC2)c(=O)n(C)c1. The van der Waals surface area contributed by atoms with E-state index in [0.717, 1.165) is 28.8 Å². The number of pyridine rings is 1. The largest absolute Gasteiger partial charge is 0.378 e. The van der Waals surface area contributed by atoms with Crippen LogP contribution >= 0.6 is 0 Å². The molecule has 1 atom stereocenters. The van der Waals surface area contributed by atoms with Crippen LogP contribution < -0.4 is 10.3 Å². The van der Waals surface area contributed by atoms with Gasteiger partial charge in [0.25, 0.3) is 15.8 Å². The molecule has 7 nitrogen and oxygen atoms in total. The van der Waals surface area contributed by atoms with Gasteiger partial charge in [-0.2, -0.15) is 12.7 Å². The standard InChI is InChI=1S/C24H33F2N3O4S/c1-16-9-23(24(30)29(4)14-16)19(13-27-34(31,32)28(2)3)15-33-22-7-5-17(6-8-22)18-10-20(25)12-21(26)11-18/h9-12,14,17,19,22,27H,5-8,13,15H2,1-4H3. The van der Waals surface area contributed by atoms with E-state index in [1.165, 1.54) is 30.8 Å². The molecule has 10 heteroatoms. The Hall–Kier alpha value is -2.14. The van der Waals surface area contributed by atoms with E-state index in [1.54, 1.807) is 19.3 Å². The third-order valence-electron chi connectivity index (χ3n) is 6.34. The van der Waals surface area contributed by atoms with E-state index in [4.69, 9.17) is 4.74 Å². The number of ether oxygens (including phenoxy) is 1. The lowest BCUT2D eigenvalue weighted by atomic mass is 9.82. The average molecular weight is 498 g/mol. The molecular weight excluding hydrogens is 464 g/mol. The van der Waals surface area contributed by atoms with Crippen LogP contribution in [0.3, 0.4) is 0 Å². The number of halogens is 2. The van der Waals surface area contributed by atoms with Crippen LogP contribution in [-0.2, 0) is 22.0 Å². The molecular formula is C24H33F2N3O4S. The summed E-state index contributed by atoms with van der Waals surface area (Å²) < 4.78 is 62.9. The first kappa shape index (κ1) is 26.5. The van der Waals surface area contributed by atoms with Crippen LogP contribution in [0, 0.1) is 18.6 Å². The molecule has 1 saturated carbocycles. The van der Waals surface area contributed by atoms with Crippen LogP contribution in [0.15, 0.2) is 35.3 Å². The Morgan fingerprint density at radius 3 is 2.32 bits per heavy atom. The summed E-state index contributed by atoms with van der Waals surface area (Å²) in [6.45, 7) is 2.08. The highest BCUT2D eigenvalue weighted by Crippen LogP contribution is 2.35. The molecule has 1 fully saturated rings. The summed E-state index contributed by atoms with van der Waals surface area (Å²) in [5.41, 5.74) is 1.85. The van der Waals surface area contributed by atoms with E-state index in [1.807, 2.05) is 6.92 Å². The van der Waals surface area contributed by atoms with Gasteiger partial charge >= 0.3 is 0 Å². The van der Waals surface area contributed by atoms with Gasteiger partial charge in [-0.1, -0.05) is 0 Å². The van der Waals surface area contributed by atoms with E-state index < -0.39 is 27.8 Å². The van der Waals surface area contributed by atoms with Gasteiger partial charge in [-0.15, -0.1) is 0 Å². The third kappa shape index (κ3) is 6.71. The van der Waals surface area contributed by atoms with Crippen molar-refractivity contribution < 1.29 is 21.9 Å². The summed E-state index contributed by atoms with van der Waals surface area (Å²) in [5.74, 6) is -1.55. The number of nitrogens with zero attached hydrogens (tertiary/aromatic N) is 2. The second-order valence-corrected chi connectivity index (χ2v) is 11.2. The molecule has 0 spiro atoms. The smallest absolute Gasteiger partial charge is 0.278 e. The van der Waals surface area contributed by atoms with Crippen molar-refractivity contribution in [3.63, 3.8) is 0 Å². The summed E-state index contributed by atoms with van der Waals surface area (Å²) >= 11 is 0. The fourth-order valence-corrected chi connectivity index (χ4v) is 5.09. The quantitative estimate of drug-likeness (QED) is 0.577. The minimum absolute atomic E-state index is 0.0249. The first-order chi connectivity index (χ1) is 16.0. The maximum absolute atomic E-state index is 13.6. The minimum Gasteiger partial charge on any atom is -0.378 e. The second-order valence-electron chi connectivity index (χ2n) is 9.23. The highest BCUT2D eigenvalue weighted by atomic mass is 32.2. The molecule has 0 amide bonds. The summed E-state index contributed by atoms with van der Waals surface area (Å²) in [6.07, 6.45) is 4.55. The maximum Gasteiger partial charge on any atom is 0.278 e. The Morgan fingerprint density at radius 2 is 1.74 bits per heavy atom. The van der Waals surface area contributed by atoms with Crippen LogP contribution in [0.2, 0.25) is 0 Å². The molecule has 188 valence electrons. The van der Waals surface area contributed by atoms with Crippen molar-refractivity contribution in [3.05, 3.63) is 69.1 Å². The summed E-state index contributed by atoms with van der Waals surface area (Å²) in [4.78, 5) is 12.8. The monoisotopic (exact) mass is 497 g/mol. The molecule has 1 aromatic heterocycles. The van der Waals surface area contributed by atoms with Crippen LogP contribution in [0.5, 0.6) is 0 Å². The second kappa shape index (κ2) is 11.1. The Labute approximate surface area is 199 Å². The number of benzene rings is 1. The number of hydrogen-bond donors (Lipinski definition) is 1. The molecule has 1 aliphatic carbocycles.